The minimum absolute atomic E-state index is 0.157. The van der Waals surface area contributed by atoms with Crippen LogP contribution in [0.2, 0.25) is 0 Å². The fourth-order valence-electron chi connectivity index (χ4n) is 2.32. The number of nitrogens with zero attached hydrogens (tertiary/aromatic N) is 2. The number of nitrogens with one attached hydrogen (secondary N) is 1. The van der Waals surface area contributed by atoms with Crippen molar-refractivity contribution in [1.82, 2.24) is 9.78 Å². The largest absolute Gasteiger partial charge is 0.478 e. The lowest BCUT2D eigenvalue weighted by Crippen LogP contribution is -2.15. The van der Waals surface area contributed by atoms with Gasteiger partial charge in [0.05, 0.1) is 16.9 Å². The Morgan fingerprint density at radius 1 is 1.04 bits per heavy atom. The lowest BCUT2D eigenvalue weighted by atomic mass is 10.2. The van der Waals surface area contributed by atoms with Crippen LogP contribution in [0, 0.1) is 12.7 Å². The molecule has 0 fully saturated rings. The molecule has 0 radical (unpaired) electrons. The van der Waals surface area contributed by atoms with E-state index in [0.717, 1.165) is 0 Å². The SMILES string of the molecule is Cc1cc(NC(=O)c2ccc(F)cc2)n(-c2ccc(C(=O)O)cc2)n1. The number of hydrogen-bond acceptors (Lipinski definition) is 3. The Labute approximate surface area is 142 Å². The predicted octanol–water partition coefficient (Wildman–Crippen LogP) is 3.27. The van der Waals surface area contributed by atoms with Gasteiger partial charge < -0.3 is 10.4 Å². The van der Waals surface area contributed by atoms with Crippen molar-refractivity contribution >= 4 is 17.7 Å². The molecule has 0 spiro atoms. The van der Waals surface area contributed by atoms with Crippen LogP contribution >= 0.6 is 0 Å². The van der Waals surface area contributed by atoms with E-state index in [2.05, 4.69) is 10.4 Å². The highest BCUT2D eigenvalue weighted by Crippen LogP contribution is 2.19. The minimum atomic E-state index is -1.02. The molecule has 1 aromatic heterocycles. The van der Waals surface area contributed by atoms with E-state index in [-0.39, 0.29) is 5.56 Å². The summed E-state index contributed by atoms with van der Waals surface area (Å²) in [6.45, 7) is 1.77. The van der Waals surface area contributed by atoms with Crippen molar-refractivity contribution in [2.45, 2.75) is 6.92 Å². The van der Waals surface area contributed by atoms with Crippen LogP contribution in [0.5, 0.6) is 0 Å². The number of benzene rings is 2. The van der Waals surface area contributed by atoms with Gasteiger partial charge in [-0.25, -0.2) is 13.9 Å². The maximum atomic E-state index is 13.0. The Morgan fingerprint density at radius 2 is 1.64 bits per heavy atom. The van der Waals surface area contributed by atoms with E-state index in [9.17, 15) is 14.0 Å². The molecule has 3 rings (SSSR count). The molecule has 7 heteroatoms. The first kappa shape index (κ1) is 16.4. The first-order valence-electron chi connectivity index (χ1n) is 7.41. The van der Waals surface area contributed by atoms with Gasteiger partial charge in [0.1, 0.15) is 11.6 Å². The first-order chi connectivity index (χ1) is 11.9. The summed E-state index contributed by atoms with van der Waals surface area (Å²) in [6.07, 6.45) is 0. The second-order valence-electron chi connectivity index (χ2n) is 5.40. The highest BCUT2D eigenvalue weighted by molar-refractivity contribution is 6.04. The van der Waals surface area contributed by atoms with E-state index in [1.54, 1.807) is 25.1 Å². The molecule has 0 unspecified atom stereocenters. The van der Waals surface area contributed by atoms with Gasteiger partial charge in [-0.15, -0.1) is 0 Å². The van der Waals surface area contributed by atoms with Gasteiger partial charge in [0.2, 0.25) is 0 Å². The van der Waals surface area contributed by atoms with E-state index in [1.165, 1.54) is 41.1 Å². The molecule has 1 heterocycles. The molecule has 0 atom stereocenters. The van der Waals surface area contributed by atoms with Crippen molar-refractivity contribution in [3.05, 3.63) is 77.2 Å². The third kappa shape index (κ3) is 3.55. The number of aromatic nitrogens is 2. The molecule has 0 saturated heterocycles. The Morgan fingerprint density at radius 3 is 2.24 bits per heavy atom. The van der Waals surface area contributed by atoms with Gasteiger partial charge in [-0.2, -0.15) is 5.10 Å². The molecule has 6 nitrogen and oxygen atoms in total. The molecule has 0 saturated carbocycles. The zero-order valence-corrected chi connectivity index (χ0v) is 13.2. The number of hydrogen-bond donors (Lipinski definition) is 2. The summed E-state index contributed by atoms with van der Waals surface area (Å²) in [5, 5.41) is 16.0. The maximum absolute atomic E-state index is 13.0. The second kappa shape index (κ2) is 6.56. The van der Waals surface area contributed by atoms with Crippen LogP contribution < -0.4 is 5.32 Å². The average Bonchev–Trinajstić information content (AvgIpc) is 2.95. The number of rotatable bonds is 4. The van der Waals surface area contributed by atoms with Crippen molar-refractivity contribution in [2.24, 2.45) is 0 Å². The lowest BCUT2D eigenvalue weighted by molar-refractivity contribution is 0.0696. The van der Waals surface area contributed by atoms with Crippen LogP contribution in [0.1, 0.15) is 26.4 Å². The fourth-order valence-corrected chi connectivity index (χ4v) is 2.32. The molecule has 25 heavy (non-hydrogen) atoms. The van der Waals surface area contributed by atoms with Crippen LogP contribution in [-0.2, 0) is 0 Å². The number of aryl methyl sites for hydroxylation is 1. The molecule has 0 aliphatic heterocycles. The zero-order chi connectivity index (χ0) is 18.0. The molecular weight excluding hydrogens is 325 g/mol. The standard InChI is InChI=1S/C18H14FN3O3/c1-11-10-16(20-17(23)12-2-6-14(19)7-3-12)22(21-11)15-8-4-13(5-9-15)18(24)25/h2-10H,1H3,(H,20,23)(H,24,25). The van der Waals surface area contributed by atoms with Crippen molar-refractivity contribution in [3.8, 4) is 5.69 Å². The highest BCUT2D eigenvalue weighted by Gasteiger charge is 2.13. The summed E-state index contributed by atoms with van der Waals surface area (Å²) in [7, 11) is 0. The van der Waals surface area contributed by atoms with E-state index in [0.29, 0.717) is 22.8 Å². The molecule has 3 aromatic rings. The van der Waals surface area contributed by atoms with Gasteiger partial charge in [0, 0.05) is 11.6 Å². The van der Waals surface area contributed by atoms with Crippen LogP contribution in [0.25, 0.3) is 5.69 Å². The Hall–Kier alpha value is -3.48. The topological polar surface area (TPSA) is 84.2 Å². The van der Waals surface area contributed by atoms with Crippen LogP contribution in [0.15, 0.2) is 54.6 Å². The van der Waals surface area contributed by atoms with Gasteiger partial charge in [-0.1, -0.05) is 0 Å². The second-order valence-corrected chi connectivity index (χ2v) is 5.40. The van der Waals surface area contributed by atoms with Crippen LogP contribution in [0.3, 0.4) is 0 Å². The van der Waals surface area contributed by atoms with Crippen molar-refractivity contribution in [3.63, 3.8) is 0 Å². The summed E-state index contributed by atoms with van der Waals surface area (Å²) in [6, 6.07) is 13.0. The van der Waals surface area contributed by atoms with Gasteiger partial charge >= 0.3 is 5.97 Å². The molecular formula is C18H14FN3O3. The number of carboxylic acid groups (broad SMARTS) is 1. The van der Waals surface area contributed by atoms with Crippen LogP contribution in [-0.4, -0.2) is 26.8 Å². The Bertz CT molecular complexity index is 931. The molecule has 126 valence electrons. The molecule has 0 aliphatic rings. The minimum Gasteiger partial charge on any atom is -0.478 e. The molecule has 1 amide bonds. The van der Waals surface area contributed by atoms with Crippen molar-refractivity contribution in [2.75, 3.05) is 5.32 Å². The number of halogens is 1. The van der Waals surface area contributed by atoms with Crippen molar-refractivity contribution < 1.29 is 19.1 Å². The summed E-state index contributed by atoms with van der Waals surface area (Å²) in [4.78, 5) is 23.2. The Balaban J connectivity index is 1.89. The summed E-state index contributed by atoms with van der Waals surface area (Å²) >= 11 is 0. The van der Waals surface area contributed by atoms with Crippen molar-refractivity contribution in [1.29, 1.82) is 0 Å². The fraction of sp³-hybridized carbons (Fsp3) is 0.0556. The van der Waals surface area contributed by atoms with E-state index >= 15 is 0 Å². The smallest absolute Gasteiger partial charge is 0.335 e. The number of carboxylic acids is 1. The number of aromatic carboxylic acids is 1. The third-order valence-corrected chi connectivity index (χ3v) is 3.54. The maximum Gasteiger partial charge on any atom is 0.335 e. The highest BCUT2D eigenvalue weighted by atomic mass is 19.1. The third-order valence-electron chi connectivity index (χ3n) is 3.54. The Kier molecular flexibility index (Phi) is 4.30. The quantitative estimate of drug-likeness (QED) is 0.764. The van der Waals surface area contributed by atoms with Gasteiger partial charge in [-0.3, -0.25) is 4.79 Å². The zero-order valence-electron chi connectivity index (χ0n) is 13.2. The van der Waals surface area contributed by atoms with Gasteiger partial charge in [0.25, 0.3) is 5.91 Å². The molecule has 2 N–H and O–H groups in total. The van der Waals surface area contributed by atoms with Gasteiger partial charge in [0.15, 0.2) is 0 Å². The van der Waals surface area contributed by atoms with E-state index in [1.807, 2.05) is 0 Å². The summed E-state index contributed by atoms with van der Waals surface area (Å²) < 4.78 is 14.5. The summed E-state index contributed by atoms with van der Waals surface area (Å²) in [5.41, 5.74) is 1.75. The number of carbonyl (C=O) groups excluding carboxylic acids is 1. The average molecular weight is 339 g/mol. The number of amides is 1. The van der Waals surface area contributed by atoms with E-state index < -0.39 is 17.7 Å². The monoisotopic (exact) mass is 339 g/mol. The van der Waals surface area contributed by atoms with E-state index in [4.69, 9.17) is 5.11 Å². The van der Waals surface area contributed by atoms with Gasteiger partial charge in [-0.05, 0) is 55.5 Å². The lowest BCUT2D eigenvalue weighted by Gasteiger charge is -2.09. The number of anilines is 1. The first-order valence-corrected chi connectivity index (χ1v) is 7.41. The normalized spacial score (nSPS) is 10.5. The molecule has 2 aromatic carbocycles. The predicted molar refractivity (Wildman–Crippen MR) is 89.6 cm³/mol. The molecule has 0 bridgehead atoms. The summed E-state index contributed by atoms with van der Waals surface area (Å²) in [5.74, 6) is -1.41. The van der Waals surface area contributed by atoms with Crippen LogP contribution in [0.4, 0.5) is 10.2 Å². The number of carbonyl (C=O) groups is 2. The molecule has 0 aliphatic carbocycles.